The molecule has 0 atom stereocenters. The third kappa shape index (κ3) is 4.23. The fraction of sp³-hybridized carbons (Fsp3) is 0.0526. The van der Waals surface area contributed by atoms with Crippen LogP contribution in [0.4, 0.5) is 14.5 Å². The van der Waals surface area contributed by atoms with E-state index in [0.29, 0.717) is 10.0 Å². The number of anilines is 1. The van der Waals surface area contributed by atoms with Gasteiger partial charge in [0.05, 0.1) is 17.8 Å². The minimum Gasteiger partial charge on any atom is -0.319 e. The molecule has 1 N–H and O–H groups in total. The van der Waals surface area contributed by atoms with Crippen molar-refractivity contribution in [3.8, 4) is 0 Å². The number of hydrogen-bond acceptors (Lipinski definition) is 2. The molecule has 0 saturated heterocycles. The maximum absolute atomic E-state index is 13.9. The first-order chi connectivity index (χ1) is 12.4. The first-order valence-corrected chi connectivity index (χ1v) is 8.43. The van der Waals surface area contributed by atoms with Gasteiger partial charge in [-0.05, 0) is 42.0 Å². The summed E-state index contributed by atoms with van der Waals surface area (Å²) < 4.78 is 29.0. The highest BCUT2D eigenvalue weighted by molar-refractivity contribution is 9.10. The molecule has 0 unspecified atom stereocenters. The van der Waals surface area contributed by atoms with E-state index in [1.54, 1.807) is 18.2 Å². The Kier molecular flexibility index (Phi) is 5.27. The van der Waals surface area contributed by atoms with Gasteiger partial charge in [0, 0.05) is 16.7 Å². The zero-order chi connectivity index (χ0) is 18.7. The van der Waals surface area contributed by atoms with Gasteiger partial charge in [-0.1, -0.05) is 28.1 Å². The largest absolute Gasteiger partial charge is 0.319 e. The smallest absolute Gasteiger partial charge is 0.257 e. The van der Waals surface area contributed by atoms with Gasteiger partial charge in [0.15, 0.2) is 0 Å². The molecular formula is C19H13BrF2N2O2. The molecule has 0 fully saturated rings. The zero-order valence-electron chi connectivity index (χ0n) is 13.4. The summed E-state index contributed by atoms with van der Waals surface area (Å²) in [4.78, 5) is 24.4. The summed E-state index contributed by atoms with van der Waals surface area (Å²) in [6.07, 6.45) is 1.36. The van der Waals surface area contributed by atoms with Crippen LogP contribution in [0.5, 0.6) is 0 Å². The molecule has 1 heterocycles. The molecule has 0 aliphatic rings. The highest BCUT2D eigenvalue weighted by Crippen LogP contribution is 2.20. The van der Waals surface area contributed by atoms with Gasteiger partial charge in [-0.2, -0.15) is 0 Å². The van der Waals surface area contributed by atoms with E-state index in [0.717, 1.165) is 0 Å². The monoisotopic (exact) mass is 418 g/mol. The number of amides is 1. The second-order valence-electron chi connectivity index (χ2n) is 5.59. The van der Waals surface area contributed by atoms with E-state index < -0.39 is 17.5 Å². The molecule has 0 aliphatic heterocycles. The van der Waals surface area contributed by atoms with E-state index in [4.69, 9.17) is 0 Å². The first-order valence-electron chi connectivity index (χ1n) is 7.64. The number of nitrogens with one attached hydrogen (secondary N) is 1. The van der Waals surface area contributed by atoms with E-state index in [2.05, 4.69) is 21.2 Å². The molecule has 1 amide bonds. The number of halogens is 3. The molecule has 0 radical (unpaired) electrons. The van der Waals surface area contributed by atoms with Gasteiger partial charge in [0.25, 0.3) is 11.5 Å². The van der Waals surface area contributed by atoms with Crippen molar-refractivity contribution in [2.45, 2.75) is 6.54 Å². The molecule has 2 aromatic carbocycles. The topological polar surface area (TPSA) is 51.1 Å². The van der Waals surface area contributed by atoms with E-state index >= 15 is 0 Å². The fourth-order valence-corrected chi connectivity index (χ4v) is 2.74. The third-order valence-corrected chi connectivity index (χ3v) is 4.16. The molecule has 3 rings (SSSR count). The number of carbonyl (C=O) groups excluding carboxylic acids is 1. The minimum absolute atomic E-state index is 0.0288. The molecule has 1 aromatic heterocycles. The van der Waals surface area contributed by atoms with Crippen LogP contribution in [0.25, 0.3) is 0 Å². The van der Waals surface area contributed by atoms with Crippen molar-refractivity contribution in [1.82, 2.24) is 4.57 Å². The van der Waals surface area contributed by atoms with Gasteiger partial charge in [0.2, 0.25) is 0 Å². The predicted molar refractivity (Wildman–Crippen MR) is 98.3 cm³/mol. The Balaban J connectivity index is 1.84. The van der Waals surface area contributed by atoms with Crippen LogP contribution in [0.3, 0.4) is 0 Å². The third-order valence-electron chi connectivity index (χ3n) is 3.67. The Morgan fingerprint density at radius 2 is 1.88 bits per heavy atom. The molecular weight excluding hydrogens is 406 g/mol. The van der Waals surface area contributed by atoms with Crippen LogP contribution in [-0.2, 0) is 6.54 Å². The number of benzene rings is 2. The molecule has 132 valence electrons. The number of aromatic nitrogens is 1. The maximum Gasteiger partial charge on any atom is 0.257 e. The maximum atomic E-state index is 13.9. The van der Waals surface area contributed by atoms with Gasteiger partial charge in [-0.25, -0.2) is 8.78 Å². The normalized spacial score (nSPS) is 10.6. The lowest BCUT2D eigenvalue weighted by Crippen LogP contribution is -2.22. The van der Waals surface area contributed by atoms with Crippen molar-refractivity contribution in [1.29, 1.82) is 0 Å². The van der Waals surface area contributed by atoms with E-state index in [1.165, 1.54) is 47.2 Å². The summed E-state index contributed by atoms with van der Waals surface area (Å²) >= 11 is 3.14. The summed E-state index contributed by atoms with van der Waals surface area (Å²) in [6, 6.07) is 12.7. The van der Waals surface area contributed by atoms with Gasteiger partial charge in [-0.3, -0.25) is 9.59 Å². The highest BCUT2D eigenvalue weighted by atomic mass is 79.9. The van der Waals surface area contributed by atoms with Gasteiger partial charge >= 0.3 is 0 Å². The van der Waals surface area contributed by atoms with Crippen LogP contribution in [0.15, 0.2) is 70.1 Å². The Morgan fingerprint density at radius 3 is 2.62 bits per heavy atom. The number of carbonyl (C=O) groups is 1. The van der Waals surface area contributed by atoms with E-state index in [9.17, 15) is 18.4 Å². The Hall–Kier alpha value is -2.80. The molecule has 3 aromatic rings. The summed E-state index contributed by atoms with van der Waals surface area (Å²) in [7, 11) is 0. The number of hydrogen-bond donors (Lipinski definition) is 1. The number of pyridine rings is 1. The molecule has 0 saturated carbocycles. The first kappa shape index (κ1) is 18.0. The minimum atomic E-state index is -0.583. The molecule has 0 aliphatic carbocycles. The summed E-state index contributed by atoms with van der Waals surface area (Å²) in [5.74, 6) is -1.55. The van der Waals surface area contributed by atoms with Crippen LogP contribution in [0.2, 0.25) is 0 Å². The van der Waals surface area contributed by atoms with Crippen molar-refractivity contribution in [2.24, 2.45) is 0 Å². The lowest BCUT2D eigenvalue weighted by Gasteiger charge is -2.10. The van der Waals surface area contributed by atoms with Gasteiger partial charge < -0.3 is 9.88 Å². The number of rotatable bonds is 4. The SMILES string of the molecule is O=C(Nc1ccc(Br)cc1F)c1ccc(=O)n(Cc2cccc(F)c2)c1. The number of nitrogens with zero attached hydrogens (tertiary/aromatic N) is 1. The van der Waals surface area contributed by atoms with Crippen LogP contribution >= 0.6 is 15.9 Å². The zero-order valence-corrected chi connectivity index (χ0v) is 15.0. The lowest BCUT2D eigenvalue weighted by molar-refractivity contribution is 0.102. The van der Waals surface area contributed by atoms with Crippen molar-refractivity contribution >= 4 is 27.5 Å². The van der Waals surface area contributed by atoms with Crippen molar-refractivity contribution in [2.75, 3.05) is 5.32 Å². The standard InChI is InChI=1S/C19H13BrF2N2O2/c20-14-5-6-17(16(22)9-14)23-19(26)13-4-7-18(25)24(11-13)10-12-2-1-3-15(21)8-12/h1-9,11H,10H2,(H,23,26). The van der Waals surface area contributed by atoms with Gasteiger partial charge in [0.1, 0.15) is 11.6 Å². The average molecular weight is 419 g/mol. The predicted octanol–water partition coefficient (Wildman–Crippen LogP) is 4.19. The summed E-state index contributed by atoms with van der Waals surface area (Å²) in [5.41, 5.74) is 0.466. The van der Waals surface area contributed by atoms with Crippen molar-refractivity contribution in [3.63, 3.8) is 0 Å². The van der Waals surface area contributed by atoms with Crippen LogP contribution in [-0.4, -0.2) is 10.5 Å². The van der Waals surface area contributed by atoms with Crippen LogP contribution in [0, 0.1) is 11.6 Å². The summed E-state index contributed by atoms with van der Waals surface area (Å²) in [6.45, 7) is 0.115. The fourth-order valence-electron chi connectivity index (χ4n) is 2.41. The molecule has 26 heavy (non-hydrogen) atoms. The van der Waals surface area contributed by atoms with Crippen LogP contribution in [0.1, 0.15) is 15.9 Å². The summed E-state index contributed by atoms with van der Waals surface area (Å²) in [5, 5.41) is 2.46. The molecule has 7 heteroatoms. The van der Waals surface area contributed by atoms with Crippen LogP contribution < -0.4 is 10.9 Å². The van der Waals surface area contributed by atoms with Gasteiger partial charge in [-0.15, -0.1) is 0 Å². The highest BCUT2D eigenvalue weighted by Gasteiger charge is 2.11. The average Bonchev–Trinajstić information content (AvgIpc) is 2.59. The quantitative estimate of drug-likeness (QED) is 0.690. The molecule has 0 bridgehead atoms. The second kappa shape index (κ2) is 7.61. The Bertz CT molecular complexity index is 1030. The van der Waals surface area contributed by atoms with Crippen molar-refractivity contribution in [3.05, 3.63) is 98.4 Å². The van der Waals surface area contributed by atoms with Crippen molar-refractivity contribution < 1.29 is 13.6 Å². The lowest BCUT2D eigenvalue weighted by atomic mass is 10.2. The Morgan fingerprint density at radius 1 is 1.08 bits per heavy atom. The molecule has 0 spiro atoms. The second-order valence-corrected chi connectivity index (χ2v) is 6.51. The Labute approximate surface area is 156 Å². The molecule has 4 nitrogen and oxygen atoms in total. The van der Waals surface area contributed by atoms with E-state index in [-0.39, 0.29) is 23.4 Å². The van der Waals surface area contributed by atoms with E-state index in [1.807, 2.05) is 0 Å².